The van der Waals surface area contributed by atoms with Crippen LogP contribution in [0.3, 0.4) is 0 Å². The third-order valence-electron chi connectivity index (χ3n) is 2.16. The molecule has 0 saturated carbocycles. The molecule has 0 aliphatic heterocycles. The maximum absolute atomic E-state index is 11.5. The highest BCUT2D eigenvalue weighted by molar-refractivity contribution is 5.33. The second-order valence-electron chi connectivity index (χ2n) is 3.42. The Bertz CT molecular complexity index is 362. The zero-order valence-electron chi connectivity index (χ0n) is 9.52. The lowest BCUT2D eigenvalue weighted by Crippen LogP contribution is -2.24. The van der Waals surface area contributed by atoms with Gasteiger partial charge in [0, 0.05) is 33.1 Å². The minimum Gasteiger partial charge on any atom is -0.394 e. The summed E-state index contributed by atoms with van der Waals surface area (Å²) in [4.78, 5) is 11.5. The van der Waals surface area contributed by atoms with Gasteiger partial charge in [0.2, 0.25) is 0 Å². The molecule has 0 bridgehead atoms. The van der Waals surface area contributed by atoms with Crippen LogP contribution >= 0.6 is 0 Å². The van der Waals surface area contributed by atoms with Gasteiger partial charge in [0.05, 0.1) is 12.3 Å². The van der Waals surface area contributed by atoms with Crippen molar-refractivity contribution in [2.45, 2.75) is 13.0 Å². The molecule has 0 unspecified atom stereocenters. The molecule has 0 amide bonds. The van der Waals surface area contributed by atoms with E-state index >= 15 is 0 Å². The minimum atomic E-state index is -0.164. The van der Waals surface area contributed by atoms with E-state index in [-0.39, 0.29) is 11.2 Å². The van der Waals surface area contributed by atoms with Gasteiger partial charge in [0.1, 0.15) is 0 Å². The maximum atomic E-state index is 11.5. The van der Waals surface area contributed by atoms with Crippen LogP contribution in [0.5, 0.6) is 0 Å². The number of nitrogens with two attached hydrogens (primary N) is 1. The third kappa shape index (κ3) is 4.04. The van der Waals surface area contributed by atoms with E-state index in [9.17, 15) is 4.79 Å². The highest BCUT2D eigenvalue weighted by Crippen LogP contribution is 1.92. The van der Waals surface area contributed by atoms with Crippen LogP contribution in [0.4, 0.5) is 5.69 Å². The number of aromatic nitrogens is 1. The smallest absolute Gasteiger partial charge is 0.273 e. The van der Waals surface area contributed by atoms with Crippen LogP contribution in [-0.2, 0) is 16.0 Å². The molecular formula is C11H18N2O3. The molecule has 90 valence electrons. The number of nitrogen functional groups attached to an aromatic ring is 1. The molecule has 1 aromatic heterocycles. The Labute approximate surface area is 94.8 Å². The van der Waals surface area contributed by atoms with Crippen molar-refractivity contribution in [1.29, 1.82) is 0 Å². The van der Waals surface area contributed by atoms with E-state index in [0.29, 0.717) is 26.4 Å². The topological polar surface area (TPSA) is 66.5 Å². The number of anilines is 1. The van der Waals surface area contributed by atoms with Gasteiger partial charge in [0.25, 0.3) is 5.56 Å². The summed E-state index contributed by atoms with van der Waals surface area (Å²) in [6.45, 7) is 2.37. The summed E-state index contributed by atoms with van der Waals surface area (Å²) in [6.07, 6.45) is 2.57. The summed E-state index contributed by atoms with van der Waals surface area (Å²) >= 11 is 0. The van der Waals surface area contributed by atoms with Crippen molar-refractivity contribution in [3.8, 4) is 0 Å². The number of ether oxygens (including phenoxy) is 2. The predicted octanol–water partition coefficient (Wildman–Crippen LogP) is 0.484. The van der Waals surface area contributed by atoms with E-state index in [0.717, 1.165) is 6.42 Å². The quantitative estimate of drug-likeness (QED) is 0.687. The standard InChI is InChI=1S/C11H18N2O3/c1-15-7-3-8-16-9-6-13-5-2-4-10(12)11(13)14/h2,4-5H,3,6-9,12H2,1H3. The molecule has 1 rings (SSSR count). The minimum absolute atomic E-state index is 0.164. The summed E-state index contributed by atoms with van der Waals surface area (Å²) in [7, 11) is 1.66. The molecule has 1 heterocycles. The van der Waals surface area contributed by atoms with E-state index in [2.05, 4.69) is 0 Å². The van der Waals surface area contributed by atoms with Crippen LogP contribution in [0, 0.1) is 0 Å². The Morgan fingerprint density at radius 3 is 2.94 bits per heavy atom. The Balaban J connectivity index is 2.27. The summed E-state index contributed by atoms with van der Waals surface area (Å²) in [5.74, 6) is 0. The second-order valence-corrected chi connectivity index (χ2v) is 3.42. The number of nitrogens with zero attached hydrogens (tertiary/aromatic N) is 1. The lowest BCUT2D eigenvalue weighted by atomic mass is 10.4. The van der Waals surface area contributed by atoms with Crippen molar-refractivity contribution in [2.24, 2.45) is 0 Å². The van der Waals surface area contributed by atoms with Crippen LogP contribution in [-0.4, -0.2) is 31.5 Å². The molecule has 16 heavy (non-hydrogen) atoms. The normalized spacial score (nSPS) is 10.6. The Morgan fingerprint density at radius 2 is 2.19 bits per heavy atom. The molecule has 0 atom stereocenters. The Kier molecular flexibility index (Phi) is 5.60. The fourth-order valence-corrected chi connectivity index (χ4v) is 1.30. The van der Waals surface area contributed by atoms with Crippen molar-refractivity contribution < 1.29 is 9.47 Å². The SMILES string of the molecule is COCCCOCCn1cccc(N)c1=O. The first kappa shape index (κ1) is 12.7. The van der Waals surface area contributed by atoms with Gasteiger partial charge in [0.15, 0.2) is 0 Å². The second kappa shape index (κ2) is 7.03. The summed E-state index contributed by atoms with van der Waals surface area (Å²) in [6, 6.07) is 3.35. The van der Waals surface area contributed by atoms with Gasteiger partial charge in [-0.3, -0.25) is 4.79 Å². The largest absolute Gasteiger partial charge is 0.394 e. The van der Waals surface area contributed by atoms with Gasteiger partial charge in [-0.25, -0.2) is 0 Å². The van der Waals surface area contributed by atoms with E-state index in [1.165, 1.54) is 0 Å². The predicted molar refractivity (Wildman–Crippen MR) is 62.4 cm³/mol. The van der Waals surface area contributed by atoms with Crippen LogP contribution in [0.25, 0.3) is 0 Å². The summed E-state index contributed by atoms with van der Waals surface area (Å²) < 4.78 is 11.8. The van der Waals surface area contributed by atoms with Gasteiger partial charge in [-0.05, 0) is 18.6 Å². The van der Waals surface area contributed by atoms with E-state index in [1.807, 2.05) is 0 Å². The van der Waals surface area contributed by atoms with Gasteiger partial charge in [-0.1, -0.05) is 0 Å². The highest BCUT2D eigenvalue weighted by atomic mass is 16.5. The van der Waals surface area contributed by atoms with Gasteiger partial charge in [-0.2, -0.15) is 0 Å². The van der Waals surface area contributed by atoms with E-state index in [1.54, 1.807) is 30.0 Å². The number of rotatable bonds is 7. The fraction of sp³-hybridized carbons (Fsp3) is 0.545. The zero-order chi connectivity index (χ0) is 11.8. The zero-order valence-corrected chi connectivity index (χ0v) is 9.52. The van der Waals surface area contributed by atoms with Gasteiger partial charge < -0.3 is 19.8 Å². The maximum Gasteiger partial charge on any atom is 0.273 e. The van der Waals surface area contributed by atoms with E-state index in [4.69, 9.17) is 15.2 Å². The number of methoxy groups -OCH3 is 1. The first-order valence-electron chi connectivity index (χ1n) is 5.27. The fourth-order valence-electron chi connectivity index (χ4n) is 1.30. The van der Waals surface area contributed by atoms with Crippen molar-refractivity contribution in [2.75, 3.05) is 32.7 Å². The third-order valence-corrected chi connectivity index (χ3v) is 2.16. The average molecular weight is 226 g/mol. The average Bonchev–Trinajstić information content (AvgIpc) is 2.29. The summed E-state index contributed by atoms with van der Waals surface area (Å²) in [5.41, 5.74) is 5.60. The molecular weight excluding hydrogens is 208 g/mol. The first-order valence-corrected chi connectivity index (χ1v) is 5.27. The van der Waals surface area contributed by atoms with Crippen molar-refractivity contribution in [3.63, 3.8) is 0 Å². The molecule has 0 spiro atoms. The number of hydrogen-bond donors (Lipinski definition) is 1. The van der Waals surface area contributed by atoms with Crippen LogP contribution < -0.4 is 11.3 Å². The molecule has 0 radical (unpaired) electrons. The molecule has 0 aliphatic rings. The Morgan fingerprint density at radius 1 is 1.38 bits per heavy atom. The number of pyridine rings is 1. The van der Waals surface area contributed by atoms with Crippen molar-refractivity contribution in [1.82, 2.24) is 4.57 Å². The van der Waals surface area contributed by atoms with Gasteiger partial charge >= 0.3 is 0 Å². The molecule has 0 aromatic carbocycles. The van der Waals surface area contributed by atoms with E-state index < -0.39 is 0 Å². The Hall–Kier alpha value is -1.33. The number of hydrogen-bond acceptors (Lipinski definition) is 4. The van der Waals surface area contributed by atoms with Crippen molar-refractivity contribution in [3.05, 3.63) is 28.7 Å². The molecule has 5 nitrogen and oxygen atoms in total. The summed E-state index contributed by atoms with van der Waals surface area (Å²) in [5, 5.41) is 0. The molecule has 1 aromatic rings. The van der Waals surface area contributed by atoms with Crippen LogP contribution in [0.2, 0.25) is 0 Å². The van der Waals surface area contributed by atoms with Crippen LogP contribution in [0.1, 0.15) is 6.42 Å². The molecule has 2 N–H and O–H groups in total. The lowest BCUT2D eigenvalue weighted by Gasteiger charge is -2.07. The molecule has 0 aliphatic carbocycles. The first-order chi connectivity index (χ1) is 7.75. The monoisotopic (exact) mass is 226 g/mol. The molecule has 5 heteroatoms. The lowest BCUT2D eigenvalue weighted by molar-refractivity contribution is 0.0973. The molecule has 0 saturated heterocycles. The van der Waals surface area contributed by atoms with Crippen LogP contribution in [0.15, 0.2) is 23.1 Å². The van der Waals surface area contributed by atoms with Crippen molar-refractivity contribution >= 4 is 5.69 Å². The molecule has 0 fully saturated rings. The highest BCUT2D eigenvalue weighted by Gasteiger charge is 1.98. The van der Waals surface area contributed by atoms with Gasteiger partial charge in [-0.15, -0.1) is 0 Å².